The fraction of sp³-hybridized carbons (Fsp3) is 0.286. The summed E-state index contributed by atoms with van der Waals surface area (Å²) in [6.07, 6.45) is -2.60. The quantitative estimate of drug-likeness (QED) is 0.636. The van der Waals surface area contributed by atoms with Crippen molar-refractivity contribution in [1.29, 1.82) is 0 Å². The van der Waals surface area contributed by atoms with Crippen LogP contribution in [0.5, 0.6) is 0 Å². The molecule has 0 atom stereocenters. The fourth-order valence-corrected chi connectivity index (χ4v) is 1.68. The minimum atomic E-state index is -2.60. The van der Waals surface area contributed by atoms with E-state index in [9.17, 15) is 13.6 Å². The van der Waals surface area contributed by atoms with E-state index in [-0.39, 0.29) is 9.13 Å². The van der Waals surface area contributed by atoms with E-state index in [1.54, 1.807) is 22.6 Å². The van der Waals surface area contributed by atoms with Gasteiger partial charge in [0.15, 0.2) is 0 Å². The Labute approximate surface area is 95.0 Å². The Morgan fingerprint density at radius 3 is 2.69 bits per heavy atom. The van der Waals surface area contributed by atoms with E-state index in [4.69, 9.17) is 0 Å². The first-order valence-electron chi connectivity index (χ1n) is 3.32. The second kappa shape index (κ2) is 4.50. The number of rotatable bonds is 2. The number of alkyl halides is 3. The molecule has 0 aliphatic carbocycles. The van der Waals surface area contributed by atoms with E-state index in [0.29, 0.717) is 11.0 Å². The Morgan fingerprint density at radius 2 is 2.23 bits per heavy atom. The molecular weight excluding hydrogens is 359 g/mol. The van der Waals surface area contributed by atoms with Crippen molar-refractivity contribution in [1.82, 2.24) is 4.98 Å². The van der Waals surface area contributed by atoms with Gasteiger partial charge in [0.05, 0.1) is 3.57 Å². The molecule has 0 aliphatic rings. The second-order valence-corrected chi connectivity index (χ2v) is 3.97. The third-order valence-corrected chi connectivity index (χ3v) is 3.15. The molecule has 1 N–H and O–H groups in total. The first-order chi connectivity index (χ1) is 6.06. The van der Waals surface area contributed by atoms with E-state index < -0.39 is 12.0 Å². The lowest BCUT2D eigenvalue weighted by atomic mass is 10.2. The summed E-state index contributed by atoms with van der Waals surface area (Å²) in [5.41, 5.74) is -0.215. The van der Waals surface area contributed by atoms with Crippen molar-refractivity contribution in [2.75, 3.05) is 0 Å². The predicted octanol–water partition coefficient (Wildman–Crippen LogP) is 2.81. The number of nitrogens with one attached hydrogen (secondary N) is 1. The Morgan fingerprint density at radius 1 is 1.62 bits per heavy atom. The van der Waals surface area contributed by atoms with Crippen molar-refractivity contribution in [2.45, 2.75) is 11.8 Å². The van der Waals surface area contributed by atoms with Crippen molar-refractivity contribution in [3.63, 3.8) is 0 Å². The highest BCUT2D eigenvalue weighted by Gasteiger charge is 2.14. The van der Waals surface area contributed by atoms with Gasteiger partial charge in [0.25, 0.3) is 12.0 Å². The molecule has 72 valence electrons. The van der Waals surface area contributed by atoms with Crippen molar-refractivity contribution in [3.05, 3.63) is 31.2 Å². The molecule has 0 spiro atoms. The maximum Gasteiger partial charge on any atom is 0.265 e. The summed E-state index contributed by atoms with van der Waals surface area (Å²) in [5, 5.41) is 0.360. The van der Waals surface area contributed by atoms with E-state index in [0.717, 1.165) is 0 Å². The van der Waals surface area contributed by atoms with Crippen LogP contribution in [0.15, 0.2) is 10.9 Å². The summed E-state index contributed by atoms with van der Waals surface area (Å²) < 4.78 is 24.8. The number of H-pyrrole nitrogens is 1. The summed E-state index contributed by atoms with van der Waals surface area (Å²) in [6.45, 7) is 0. The molecule has 0 bridgehead atoms. The van der Waals surface area contributed by atoms with Crippen LogP contribution >= 0.6 is 38.5 Å². The minimum absolute atomic E-state index is 0.0531. The summed E-state index contributed by atoms with van der Waals surface area (Å²) in [5.74, 6) is 0. The van der Waals surface area contributed by atoms with Crippen LogP contribution in [0.25, 0.3) is 0 Å². The average molecular weight is 364 g/mol. The van der Waals surface area contributed by atoms with Crippen LogP contribution in [0, 0.1) is 3.57 Å². The van der Waals surface area contributed by atoms with Crippen molar-refractivity contribution in [2.24, 2.45) is 0 Å². The number of hydrogen-bond acceptors (Lipinski definition) is 1. The summed E-state index contributed by atoms with van der Waals surface area (Å²) >= 11 is 4.70. The highest BCUT2D eigenvalue weighted by atomic mass is 127. The van der Waals surface area contributed by atoms with Crippen LogP contribution in [-0.4, -0.2) is 4.98 Å². The van der Waals surface area contributed by atoms with Gasteiger partial charge in [-0.3, -0.25) is 4.79 Å². The van der Waals surface area contributed by atoms with Gasteiger partial charge in [-0.15, -0.1) is 0 Å². The fourth-order valence-electron chi connectivity index (χ4n) is 0.850. The van der Waals surface area contributed by atoms with E-state index in [2.05, 4.69) is 20.9 Å². The van der Waals surface area contributed by atoms with Gasteiger partial charge in [-0.05, 0) is 28.7 Å². The van der Waals surface area contributed by atoms with Crippen molar-refractivity contribution >= 4 is 38.5 Å². The number of halogens is 4. The molecule has 1 aromatic rings. The Bertz CT molecular complexity index is 366. The zero-order valence-electron chi connectivity index (χ0n) is 6.28. The summed E-state index contributed by atoms with van der Waals surface area (Å²) in [6, 6.07) is 1.29. The van der Waals surface area contributed by atoms with Gasteiger partial charge in [0.1, 0.15) is 0 Å². The van der Waals surface area contributed by atoms with Gasteiger partial charge >= 0.3 is 0 Å². The van der Waals surface area contributed by atoms with Crippen LogP contribution in [0.2, 0.25) is 0 Å². The van der Waals surface area contributed by atoms with Crippen molar-refractivity contribution < 1.29 is 8.78 Å². The highest BCUT2D eigenvalue weighted by molar-refractivity contribution is 14.1. The number of aromatic nitrogens is 1. The lowest BCUT2D eigenvalue weighted by molar-refractivity contribution is 0.150. The van der Waals surface area contributed by atoms with Crippen LogP contribution < -0.4 is 5.56 Å². The van der Waals surface area contributed by atoms with Gasteiger partial charge in [0.2, 0.25) is 0 Å². The number of pyridine rings is 1. The molecule has 1 heterocycles. The molecule has 0 radical (unpaired) electrons. The van der Waals surface area contributed by atoms with Gasteiger partial charge in [-0.2, -0.15) is 0 Å². The average Bonchev–Trinajstić information content (AvgIpc) is 2.09. The van der Waals surface area contributed by atoms with Gasteiger partial charge < -0.3 is 4.98 Å². The molecule has 6 heteroatoms. The topological polar surface area (TPSA) is 32.9 Å². The van der Waals surface area contributed by atoms with Crippen LogP contribution in [-0.2, 0) is 5.33 Å². The largest absolute Gasteiger partial charge is 0.324 e. The lowest BCUT2D eigenvalue weighted by Crippen LogP contribution is -2.14. The third-order valence-electron chi connectivity index (χ3n) is 1.44. The smallest absolute Gasteiger partial charge is 0.265 e. The molecule has 0 aromatic carbocycles. The third kappa shape index (κ3) is 2.49. The Kier molecular flexibility index (Phi) is 3.84. The first kappa shape index (κ1) is 11.1. The molecule has 2 nitrogen and oxygen atoms in total. The molecule has 0 saturated heterocycles. The normalized spacial score (nSPS) is 10.8. The molecule has 0 aliphatic heterocycles. The summed E-state index contributed by atoms with van der Waals surface area (Å²) in [4.78, 5) is 13.6. The van der Waals surface area contributed by atoms with Crippen LogP contribution in [0.1, 0.15) is 17.7 Å². The first-order valence-corrected chi connectivity index (χ1v) is 5.52. The predicted molar refractivity (Wildman–Crippen MR) is 57.4 cm³/mol. The Balaban J connectivity index is 3.33. The zero-order chi connectivity index (χ0) is 10.0. The molecule has 13 heavy (non-hydrogen) atoms. The molecule has 0 fully saturated rings. The molecule has 0 amide bonds. The SMILES string of the molecule is O=c1[nH]c(CBr)cc(C(F)F)c1I. The number of hydrogen-bond donors (Lipinski definition) is 1. The van der Waals surface area contributed by atoms with Crippen LogP contribution in [0.3, 0.4) is 0 Å². The Hall–Kier alpha value is 0.0200. The van der Waals surface area contributed by atoms with Gasteiger partial charge in [0, 0.05) is 16.6 Å². The highest BCUT2D eigenvalue weighted by Crippen LogP contribution is 2.22. The maximum atomic E-state index is 12.4. The molecule has 0 saturated carbocycles. The van der Waals surface area contributed by atoms with Gasteiger partial charge in [-0.1, -0.05) is 15.9 Å². The molecule has 1 aromatic heterocycles. The summed E-state index contributed by atoms with van der Waals surface area (Å²) in [7, 11) is 0. The lowest BCUT2D eigenvalue weighted by Gasteiger charge is -2.04. The van der Waals surface area contributed by atoms with Crippen molar-refractivity contribution in [3.8, 4) is 0 Å². The van der Waals surface area contributed by atoms with Gasteiger partial charge in [-0.25, -0.2) is 8.78 Å². The zero-order valence-corrected chi connectivity index (χ0v) is 10.0. The maximum absolute atomic E-state index is 12.4. The molecule has 0 unspecified atom stereocenters. The van der Waals surface area contributed by atoms with Crippen LogP contribution in [0.4, 0.5) is 8.78 Å². The van der Waals surface area contributed by atoms with E-state index in [1.165, 1.54) is 6.07 Å². The molecule has 1 rings (SSSR count). The number of aromatic amines is 1. The second-order valence-electron chi connectivity index (χ2n) is 2.33. The van der Waals surface area contributed by atoms with E-state index in [1.807, 2.05) is 0 Å². The van der Waals surface area contributed by atoms with E-state index >= 15 is 0 Å². The minimum Gasteiger partial charge on any atom is -0.324 e. The standard InChI is InChI=1S/C7H5BrF2INO/c8-2-3-1-4(6(9)10)5(11)7(13)12-3/h1,6H,2H2,(H,12,13). The molecular formula is C7H5BrF2INO. The monoisotopic (exact) mass is 363 g/mol.